The van der Waals surface area contributed by atoms with Crippen molar-refractivity contribution in [2.45, 2.75) is 6.04 Å². The molecule has 2 aliphatic heterocycles. The van der Waals surface area contributed by atoms with Crippen LogP contribution in [0.15, 0.2) is 78.4 Å². The van der Waals surface area contributed by atoms with Crippen LogP contribution in [0.4, 0.5) is 15.8 Å². The maximum absolute atomic E-state index is 13.5. The lowest BCUT2D eigenvalue weighted by atomic mass is 9.95. The molecule has 7 nitrogen and oxygen atoms in total. The highest BCUT2D eigenvalue weighted by Gasteiger charge is 2.47. The summed E-state index contributed by atoms with van der Waals surface area (Å²) < 4.78 is 13.5. The topological polar surface area (TPSA) is 84.3 Å². The molecule has 0 spiro atoms. The Kier molecular flexibility index (Phi) is 6.20. The number of phenols is 1. The second kappa shape index (κ2) is 9.47. The number of likely N-dealkylation sites (N-methyl/N-ethyl adjacent to an activating group) is 1. The number of halogens is 1. The number of Topliss-reactive ketones (excluding diaryl/α,β-unsaturated/α-hetero) is 1. The number of aliphatic hydroxyl groups is 1. The lowest BCUT2D eigenvalue weighted by Gasteiger charge is -2.34. The Morgan fingerprint density at radius 3 is 2.03 bits per heavy atom. The number of piperazine rings is 1. The average Bonchev–Trinajstić information content (AvgIpc) is 3.15. The molecule has 0 saturated carbocycles. The number of carbonyl (C=O) groups is 2. The Morgan fingerprint density at radius 1 is 0.833 bits per heavy atom. The van der Waals surface area contributed by atoms with E-state index in [1.54, 1.807) is 24.3 Å². The molecule has 2 heterocycles. The second-order valence-electron chi connectivity index (χ2n) is 9.07. The van der Waals surface area contributed by atoms with Crippen LogP contribution in [-0.4, -0.2) is 60.0 Å². The highest BCUT2D eigenvalue weighted by molar-refractivity contribution is 6.51. The first-order chi connectivity index (χ1) is 17.3. The normalized spacial score (nSPS) is 20.2. The Labute approximate surface area is 208 Å². The van der Waals surface area contributed by atoms with E-state index < -0.39 is 23.5 Å². The number of nitrogens with zero attached hydrogens (tertiary/aromatic N) is 3. The van der Waals surface area contributed by atoms with Gasteiger partial charge in [-0.05, 0) is 73.3 Å². The van der Waals surface area contributed by atoms with E-state index in [1.807, 2.05) is 12.1 Å². The molecule has 1 unspecified atom stereocenters. The van der Waals surface area contributed by atoms with E-state index in [0.717, 1.165) is 31.9 Å². The molecule has 5 rings (SSSR count). The third kappa shape index (κ3) is 4.31. The first-order valence-electron chi connectivity index (χ1n) is 11.7. The van der Waals surface area contributed by atoms with Crippen molar-refractivity contribution in [1.29, 1.82) is 0 Å². The minimum Gasteiger partial charge on any atom is -0.508 e. The Hall–Kier alpha value is -4.17. The van der Waals surface area contributed by atoms with E-state index in [1.165, 1.54) is 41.3 Å². The number of rotatable bonds is 4. The number of anilines is 2. The van der Waals surface area contributed by atoms with Crippen LogP contribution in [0.5, 0.6) is 5.75 Å². The minimum absolute atomic E-state index is 0.0331. The van der Waals surface area contributed by atoms with Crippen LogP contribution in [0.1, 0.15) is 17.2 Å². The van der Waals surface area contributed by atoms with Crippen molar-refractivity contribution in [3.63, 3.8) is 0 Å². The number of amides is 1. The SMILES string of the molecule is CN1CCN(c2ccc(N3C(=O)C(=O)/C(=C(/O)c4ccc(F)cc4)C3c3ccc(O)cc3)cc2)CC1. The summed E-state index contributed by atoms with van der Waals surface area (Å²) in [5, 5.41) is 20.9. The van der Waals surface area contributed by atoms with Gasteiger partial charge in [0.25, 0.3) is 11.7 Å². The van der Waals surface area contributed by atoms with Crippen molar-refractivity contribution < 1.29 is 24.2 Å². The zero-order valence-corrected chi connectivity index (χ0v) is 19.8. The fourth-order valence-electron chi connectivity index (χ4n) is 4.72. The van der Waals surface area contributed by atoms with E-state index in [4.69, 9.17) is 0 Å². The number of benzene rings is 3. The van der Waals surface area contributed by atoms with Gasteiger partial charge >= 0.3 is 0 Å². The Balaban J connectivity index is 1.57. The van der Waals surface area contributed by atoms with Gasteiger partial charge in [0.05, 0.1) is 11.6 Å². The fraction of sp³-hybridized carbons (Fsp3) is 0.214. The molecule has 2 N–H and O–H groups in total. The molecule has 0 aliphatic carbocycles. The van der Waals surface area contributed by atoms with Gasteiger partial charge in [-0.25, -0.2) is 4.39 Å². The second-order valence-corrected chi connectivity index (χ2v) is 9.07. The van der Waals surface area contributed by atoms with E-state index in [9.17, 15) is 24.2 Å². The molecule has 184 valence electrons. The van der Waals surface area contributed by atoms with Crippen LogP contribution >= 0.6 is 0 Å². The molecule has 1 atom stereocenters. The van der Waals surface area contributed by atoms with Gasteiger partial charge in [-0.3, -0.25) is 14.5 Å². The van der Waals surface area contributed by atoms with Crippen LogP contribution in [-0.2, 0) is 9.59 Å². The van der Waals surface area contributed by atoms with Gasteiger partial charge < -0.3 is 20.0 Å². The maximum atomic E-state index is 13.5. The molecule has 8 heteroatoms. The number of aliphatic hydroxyl groups excluding tert-OH is 1. The lowest BCUT2D eigenvalue weighted by molar-refractivity contribution is -0.132. The average molecular weight is 488 g/mol. The molecular weight excluding hydrogens is 461 g/mol. The Morgan fingerprint density at radius 2 is 1.42 bits per heavy atom. The van der Waals surface area contributed by atoms with Gasteiger partial charge in [0, 0.05) is 43.1 Å². The smallest absolute Gasteiger partial charge is 0.300 e. The van der Waals surface area contributed by atoms with E-state index in [0.29, 0.717) is 11.3 Å². The largest absolute Gasteiger partial charge is 0.508 e. The first-order valence-corrected chi connectivity index (χ1v) is 11.7. The van der Waals surface area contributed by atoms with Crippen molar-refractivity contribution >= 4 is 28.8 Å². The number of hydrogen-bond donors (Lipinski definition) is 2. The summed E-state index contributed by atoms with van der Waals surface area (Å²) in [6, 6.07) is 17.7. The number of aromatic hydroxyl groups is 1. The van der Waals surface area contributed by atoms with Crippen molar-refractivity contribution in [2.24, 2.45) is 0 Å². The highest BCUT2D eigenvalue weighted by Crippen LogP contribution is 2.42. The Bertz CT molecular complexity index is 1310. The molecular formula is C28H26FN3O4. The summed E-state index contributed by atoms with van der Waals surface area (Å²) in [5.41, 5.74) is 2.20. The molecule has 1 amide bonds. The van der Waals surface area contributed by atoms with E-state index >= 15 is 0 Å². The van der Waals surface area contributed by atoms with E-state index in [-0.39, 0.29) is 22.6 Å². The van der Waals surface area contributed by atoms with Gasteiger partial charge in [0.1, 0.15) is 17.3 Å². The number of phenolic OH excluding ortho intramolecular Hbond substituents is 1. The molecule has 2 fully saturated rings. The van der Waals surface area contributed by atoms with E-state index in [2.05, 4.69) is 16.8 Å². The molecule has 0 bridgehead atoms. The summed E-state index contributed by atoms with van der Waals surface area (Å²) in [6.45, 7) is 3.71. The van der Waals surface area contributed by atoms with Crippen LogP contribution < -0.4 is 9.80 Å². The highest BCUT2D eigenvalue weighted by atomic mass is 19.1. The predicted molar refractivity (Wildman–Crippen MR) is 135 cm³/mol. The van der Waals surface area contributed by atoms with Crippen LogP contribution in [0.3, 0.4) is 0 Å². The van der Waals surface area contributed by atoms with Crippen molar-refractivity contribution in [2.75, 3.05) is 43.0 Å². The van der Waals surface area contributed by atoms with Gasteiger partial charge in [-0.15, -0.1) is 0 Å². The maximum Gasteiger partial charge on any atom is 0.300 e. The zero-order valence-electron chi connectivity index (χ0n) is 19.8. The standard InChI is InChI=1S/C28H26FN3O4/c1-30-14-16-31(17-15-30)21-8-10-22(11-9-21)32-25(18-4-12-23(33)13-5-18)24(27(35)28(32)36)26(34)19-2-6-20(29)7-3-19/h2-13,25,33-34H,14-17H2,1H3/b26-24+. The zero-order chi connectivity index (χ0) is 25.4. The first kappa shape index (κ1) is 23.6. The van der Waals surface area contributed by atoms with Crippen molar-refractivity contribution in [3.05, 3.63) is 95.3 Å². The van der Waals surface area contributed by atoms with Crippen LogP contribution in [0, 0.1) is 5.82 Å². The molecule has 2 aliphatic rings. The fourth-order valence-corrected chi connectivity index (χ4v) is 4.72. The molecule has 0 radical (unpaired) electrons. The van der Waals surface area contributed by atoms with Crippen molar-refractivity contribution in [3.8, 4) is 5.75 Å². The lowest BCUT2D eigenvalue weighted by Crippen LogP contribution is -2.44. The molecule has 36 heavy (non-hydrogen) atoms. The van der Waals surface area contributed by atoms with Crippen LogP contribution in [0.25, 0.3) is 5.76 Å². The summed E-state index contributed by atoms with van der Waals surface area (Å²) in [5.74, 6) is -2.45. The molecule has 0 aromatic heterocycles. The summed E-state index contributed by atoms with van der Waals surface area (Å²) in [4.78, 5) is 32.4. The van der Waals surface area contributed by atoms with Gasteiger partial charge in [-0.2, -0.15) is 0 Å². The number of ketones is 1. The van der Waals surface area contributed by atoms with Crippen molar-refractivity contribution in [1.82, 2.24) is 4.90 Å². The molecule has 3 aromatic carbocycles. The number of carbonyl (C=O) groups excluding carboxylic acids is 2. The van der Waals surface area contributed by atoms with Crippen LogP contribution in [0.2, 0.25) is 0 Å². The predicted octanol–water partition coefficient (Wildman–Crippen LogP) is 3.91. The molecule has 3 aromatic rings. The monoisotopic (exact) mass is 487 g/mol. The number of hydrogen-bond acceptors (Lipinski definition) is 6. The van der Waals surface area contributed by atoms with Gasteiger partial charge in [0.15, 0.2) is 0 Å². The third-order valence-electron chi connectivity index (χ3n) is 6.77. The van der Waals surface area contributed by atoms with Gasteiger partial charge in [-0.1, -0.05) is 12.1 Å². The summed E-state index contributed by atoms with van der Waals surface area (Å²) >= 11 is 0. The quantitative estimate of drug-likeness (QED) is 0.330. The third-order valence-corrected chi connectivity index (χ3v) is 6.77. The van der Waals surface area contributed by atoms with Gasteiger partial charge in [0.2, 0.25) is 0 Å². The summed E-state index contributed by atoms with van der Waals surface area (Å²) in [6.07, 6.45) is 0. The minimum atomic E-state index is -0.926. The molecule has 2 saturated heterocycles. The summed E-state index contributed by atoms with van der Waals surface area (Å²) in [7, 11) is 2.09.